The van der Waals surface area contributed by atoms with Crippen molar-refractivity contribution in [2.45, 2.75) is 9.92 Å². The average molecular weight is 365 g/mol. The van der Waals surface area contributed by atoms with E-state index < -0.39 is 0 Å². The van der Waals surface area contributed by atoms with Gasteiger partial charge in [-0.1, -0.05) is 30.3 Å². The highest BCUT2D eigenvalue weighted by molar-refractivity contribution is 7.98. The number of aromatic nitrogens is 2. The molecule has 4 nitrogen and oxygen atoms in total. The first kappa shape index (κ1) is 17.3. The van der Waals surface area contributed by atoms with Crippen LogP contribution >= 0.6 is 23.5 Å². The van der Waals surface area contributed by atoms with Gasteiger partial charge in [-0.25, -0.2) is 4.98 Å². The predicted molar refractivity (Wildman–Crippen MR) is 104 cm³/mol. The first-order valence-electron chi connectivity index (χ1n) is 7.50. The summed E-state index contributed by atoms with van der Waals surface area (Å²) in [6.07, 6.45) is 3.81. The number of thioether (sulfide) groups is 2. The molecule has 1 aromatic heterocycles. The molecule has 0 bridgehead atoms. The van der Waals surface area contributed by atoms with Crippen molar-refractivity contribution in [3.8, 4) is 23.1 Å². The summed E-state index contributed by atoms with van der Waals surface area (Å²) in [5.74, 6) is 0.533. The Morgan fingerprint density at radius 3 is 2.24 bits per heavy atom. The van der Waals surface area contributed by atoms with Crippen molar-refractivity contribution in [1.82, 2.24) is 9.55 Å². The molecule has 0 unspecified atom stereocenters. The lowest BCUT2D eigenvalue weighted by atomic mass is 10.2. The zero-order valence-electron chi connectivity index (χ0n) is 13.8. The largest absolute Gasteiger partial charge is 0.277 e. The Kier molecular flexibility index (Phi) is 5.27. The van der Waals surface area contributed by atoms with Gasteiger partial charge in [0.15, 0.2) is 0 Å². The highest BCUT2D eigenvalue weighted by Gasteiger charge is 2.18. The fraction of sp³-hybridized carbons (Fsp3) is 0.105. The van der Waals surface area contributed by atoms with Crippen LogP contribution in [0.15, 0.2) is 69.3 Å². The van der Waals surface area contributed by atoms with Crippen LogP contribution in [0, 0.1) is 11.3 Å². The second-order valence-electron chi connectivity index (χ2n) is 5.14. The standard InChI is InChI=1S/C19H15N3OS2/c1-24-15-10-8-14(9-11-15)22-17(13-6-4-3-5-7-13)21-18(25-2)16(12-20)19(22)23/h3-11H,1-2H3. The third-order valence-electron chi connectivity index (χ3n) is 3.72. The van der Waals surface area contributed by atoms with Gasteiger partial charge in [0.1, 0.15) is 22.5 Å². The maximum absolute atomic E-state index is 13.0. The molecule has 0 fully saturated rings. The van der Waals surface area contributed by atoms with E-state index in [2.05, 4.69) is 4.98 Å². The van der Waals surface area contributed by atoms with E-state index in [0.29, 0.717) is 16.5 Å². The summed E-state index contributed by atoms with van der Waals surface area (Å²) in [5, 5.41) is 9.87. The molecule has 124 valence electrons. The van der Waals surface area contributed by atoms with Crippen molar-refractivity contribution in [1.29, 1.82) is 5.26 Å². The third-order valence-corrected chi connectivity index (χ3v) is 5.14. The molecule has 6 heteroatoms. The summed E-state index contributed by atoms with van der Waals surface area (Å²) in [5.41, 5.74) is 1.24. The third kappa shape index (κ3) is 3.34. The molecule has 0 saturated carbocycles. The lowest BCUT2D eigenvalue weighted by Crippen LogP contribution is -2.25. The number of hydrogen-bond donors (Lipinski definition) is 0. The minimum absolute atomic E-state index is 0.0705. The molecule has 0 aliphatic heterocycles. The van der Waals surface area contributed by atoms with Gasteiger partial charge in [0.05, 0.1) is 5.69 Å². The second-order valence-corrected chi connectivity index (χ2v) is 6.81. The Hall–Kier alpha value is -2.49. The van der Waals surface area contributed by atoms with Gasteiger partial charge in [0, 0.05) is 10.5 Å². The van der Waals surface area contributed by atoms with Crippen molar-refractivity contribution < 1.29 is 0 Å². The van der Waals surface area contributed by atoms with Gasteiger partial charge in [-0.15, -0.1) is 23.5 Å². The fourth-order valence-corrected chi connectivity index (χ4v) is 3.42. The molecule has 1 heterocycles. The Balaban J connectivity index is 2.35. The highest BCUT2D eigenvalue weighted by atomic mass is 32.2. The Morgan fingerprint density at radius 1 is 1.00 bits per heavy atom. The predicted octanol–water partition coefficient (Wildman–Crippen LogP) is 4.21. The van der Waals surface area contributed by atoms with Crippen LogP contribution in [0.25, 0.3) is 17.1 Å². The van der Waals surface area contributed by atoms with Crippen molar-refractivity contribution in [2.24, 2.45) is 0 Å². The van der Waals surface area contributed by atoms with Crippen LogP contribution in [0.4, 0.5) is 0 Å². The zero-order valence-corrected chi connectivity index (χ0v) is 15.4. The number of rotatable bonds is 4. The highest BCUT2D eigenvalue weighted by Crippen LogP contribution is 2.25. The van der Waals surface area contributed by atoms with Crippen LogP contribution in [0.1, 0.15) is 5.56 Å². The number of nitrogens with zero attached hydrogens (tertiary/aromatic N) is 3. The summed E-state index contributed by atoms with van der Waals surface area (Å²) in [7, 11) is 0. The van der Waals surface area contributed by atoms with Gasteiger partial charge >= 0.3 is 0 Å². The van der Waals surface area contributed by atoms with E-state index in [1.54, 1.807) is 11.8 Å². The molecule has 0 aliphatic rings. The summed E-state index contributed by atoms with van der Waals surface area (Å²) in [6, 6.07) is 19.2. The number of hydrogen-bond acceptors (Lipinski definition) is 5. The molecular formula is C19H15N3OS2. The van der Waals surface area contributed by atoms with E-state index in [1.165, 1.54) is 16.3 Å². The normalized spacial score (nSPS) is 10.4. The number of benzene rings is 2. The SMILES string of the molecule is CSc1ccc(-n2c(-c3ccccc3)nc(SC)c(C#N)c2=O)cc1. The summed E-state index contributed by atoms with van der Waals surface area (Å²) in [6.45, 7) is 0. The number of nitriles is 1. The molecule has 3 rings (SSSR count). The molecule has 0 spiro atoms. The smallest absolute Gasteiger partial charge is 0.267 e. The first-order chi connectivity index (χ1) is 12.2. The van der Waals surface area contributed by atoms with Crippen LogP contribution in [-0.4, -0.2) is 22.1 Å². The van der Waals surface area contributed by atoms with E-state index in [9.17, 15) is 10.1 Å². The van der Waals surface area contributed by atoms with Gasteiger partial charge < -0.3 is 0 Å². The Morgan fingerprint density at radius 2 is 1.68 bits per heavy atom. The molecule has 0 amide bonds. The van der Waals surface area contributed by atoms with Gasteiger partial charge in [-0.05, 0) is 36.8 Å². The molecule has 0 N–H and O–H groups in total. The van der Waals surface area contributed by atoms with Crippen molar-refractivity contribution >= 4 is 23.5 Å². The lowest BCUT2D eigenvalue weighted by Gasteiger charge is -2.14. The monoisotopic (exact) mass is 365 g/mol. The topological polar surface area (TPSA) is 58.7 Å². The quantitative estimate of drug-likeness (QED) is 0.512. The van der Waals surface area contributed by atoms with Crippen molar-refractivity contribution in [3.05, 3.63) is 70.5 Å². The Bertz CT molecular complexity index is 990. The molecule has 25 heavy (non-hydrogen) atoms. The zero-order chi connectivity index (χ0) is 17.8. The minimum atomic E-state index is -0.349. The van der Waals surface area contributed by atoms with Gasteiger partial charge in [0.2, 0.25) is 0 Å². The second kappa shape index (κ2) is 7.60. The van der Waals surface area contributed by atoms with E-state index in [4.69, 9.17) is 0 Å². The van der Waals surface area contributed by atoms with Crippen LogP contribution in [-0.2, 0) is 0 Å². The maximum Gasteiger partial charge on any atom is 0.277 e. The van der Waals surface area contributed by atoms with E-state index in [0.717, 1.165) is 10.5 Å². The van der Waals surface area contributed by atoms with Crippen molar-refractivity contribution in [3.63, 3.8) is 0 Å². The Labute approximate surface area is 154 Å². The molecule has 2 aromatic carbocycles. The summed E-state index contributed by atoms with van der Waals surface area (Å²) in [4.78, 5) is 18.7. The van der Waals surface area contributed by atoms with E-state index >= 15 is 0 Å². The lowest BCUT2D eigenvalue weighted by molar-refractivity contribution is 0.892. The fourth-order valence-electron chi connectivity index (χ4n) is 2.50. The van der Waals surface area contributed by atoms with Crippen molar-refractivity contribution in [2.75, 3.05) is 12.5 Å². The average Bonchev–Trinajstić information content (AvgIpc) is 2.68. The minimum Gasteiger partial charge on any atom is -0.267 e. The van der Waals surface area contributed by atoms with Crippen LogP contribution in [0.2, 0.25) is 0 Å². The van der Waals surface area contributed by atoms with Crippen LogP contribution in [0.5, 0.6) is 0 Å². The van der Waals surface area contributed by atoms with Gasteiger partial charge in [-0.2, -0.15) is 5.26 Å². The van der Waals surface area contributed by atoms with E-state index in [-0.39, 0.29) is 11.1 Å². The molecular weight excluding hydrogens is 350 g/mol. The summed E-state index contributed by atoms with van der Waals surface area (Å²) >= 11 is 2.94. The molecule has 0 radical (unpaired) electrons. The molecule has 0 atom stereocenters. The van der Waals surface area contributed by atoms with Crippen LogP contribution < -0.4 is 5.56 Å². The summed E-state index contributed by atoms with van der Waals surface area (Å²) < 4.78 is 1.51. The van der Waals surface area contributed by atoms with Crippen LogP contribution in [0.3, 0.4) is 0 Å². The molecule has 3 aromatic rings. The van der Waals surface area contributed by atoms with Gasteiger partial charge in [-0.3, -0.25) is 9.36 Å². The maximum atomic E-state index is 13.0. The van der Waals surface area contributed by atoms with E-state index in [1.807, 2.05) is 73.2 Å². The first-order valence-corrected chi connectivity index (χ1v) is 9.95. The van der Waals surface area contributed by atoms with Gasteiger partial charge in [0.25, 0.3) is 5.56 Å². The molecule has 0 saturated heterocycles. The molecule has 0 aliphatic carbocycles.